The number of ether oxygens (including phenoxy) is 1. The van der Waals surface area contributed by atoms with Gasteiger partial charge in [-0.2, -0.15) is 5.26 Å². The predicted molar refractivity (Wildman–Crippen MR) is 160 cm³/mol. The first-order valence-corrected chi connectivity index (χ1v) is 13.4. The van der Waals surface area contributed by atoms with Gasteiger partial charge in [0.2, 0.25) is 0 Å². The molecule has 2 aromatic heterocycles. The molecule has 200 valence electrons. The SMILES string of the molecule is Cc1cc(/C=C(/C#N)C(=O)NCCc2c[nH]c3ccccc23)c(C)n1-c1ccc(OCc2ccccc2Cl)cc1. The molecule has 0 saturated heterocycles. The van der Waals surface area contributed by atoms with Gasteiger partial charge in [-0.15, -0.1) is 0 Å². The number of benzene rings is 3. The van der Waals surface area contributed by atoms with Gasteiger partial charge in [0.15, 0.2) is 0 Å². The van der Waals surface area contributed by atoms with E-state index < -0.39 is 0 Å². The van der Waals surface area contributed by atoms with Gasteiger partial charge in [0.1, 0.15) is 24.0 Å². The summed E-state index contributed by atoms with van der Waals surface area (Å²) in [7, 11) is 0. The molecule has 40 heavy (non-hydrogen) atoms. The summed E-state index contributed by atoms with van der Waals surface area (Å²) in [6.45, 7) is 4.80. The molecule has 1 amide bonds. The molecule has 5 rings (SSSR count). The minimum atomic E-state index is -0.382. The summed E-state index contributed by atoms with van der Waals surface area (Å²) in [5.41, 5.74) is 6.89. The Kier molecular flexibility index (Phi) is 8.04. The highest BCUT2D eigenvalue weighted by molar-refractivity contribution is 6.31. The Balaban J connectivity index is 1.25. The van der Waals surface area contributed by atoms with Crippen molar-refractivity contribution in [3.63, 3.8) is 0 Å². The van der Waals surface area contributed by atoms with E-state index in [4.69, 9.17) is 16.3 Å². The molecule has 2 heterocycles. The van der Waals surface area contributed by atoms with E-state index in [9.17, 15) is 10.1 Å². The zero-order valence-corrected chi connectivity index (χ0v) is 23.1. The van der Waals surface area contributed by atoms with Gasteiger partial charge in [0.25, 0.3) is 5.91 Å². The van der Waals surface area contributed by atoms with Crippen molar-refractivity contribution in [2.75, 3.05) is 6.54 Å². The molecule has 0 aliphatic rings. The fourth-order valence-corrected chi connectivity index (χ4v) is 5.04. The maximum atomic E-state index is 12.8. The molecule has 0 spiro atoms. The molecule has 7 heteroatoms. The van der Waals surface area contributed by atoms with Crippen LogP contribution in [0.25, 0.3) is 22.7 Å². The van der Waals surface area contributed by atoms with E-state index in [1.54, 1.807) is 6.08 Å². The third-order valence-corrected chi connectivity index (χ3v) is 7.31. The fourth-order valence-electron chi connectivity index (χ4n) is 4.85. The number of amides is 1. The molecular formula is C33H29ClN4O2. The number of rotatable bonds is 9. The van der Waals surface area contributed by atoms with Crippen molar-refractivity contribution >= 4 is 34.5 Å². The molecular weight excluding hydrogens is 520 g/mol. The van der Waals surface area contributed by atoms with Gasteiger partial charge in [0, 0.05) is 51.3 Å². The van der Waals surface area contributed by atoms with Crippen molar-refractivity contribution in [3.8, 4) is 17.5 Å². The number of hydrogen-bond acceptors (Lipinski definition) is 3. The molecule has 0 bridgehead atoms. The average molecular weight is 549 g/mol. The minimum absolute atomic E-state index is 0.0718. The number of aryl methyl sites for hydroxylation is 1. The summed E-state index contributed by atoms with van der Waals surface area (Å²) in [5, 5.41) is 14.4. The highest BCUT2D eigenvalue weighted by Gasteiger charge is 2.14. The Labute approximate surface area is 238 Å². The van der Waals surface area contributed by atoms with Crippen LogP contribution < -0.4 is 10.1 Å². The number of H-pyrrole nitrogens is 1. The monoisotopic (exact) mass is 548 g/mol. The standard InChI is InChI=1S/C33H29ClN4O2/c1-22-17-26(18-27(19-35)33(39)36-16-15-24-20-37-32-10-6-4-8-30(24)32)23(2)38(22)28-11-13-29(14-12-28)40-21-25-7-3-5-9-31(25)34/h3-14,17-18,20,37H,15-16,21H2,1-2H3,(H,36,39)/b27-18-. The lowest BCUT2D eigenvalue weighted by atomic mass is 10.1. The van der Waals surface area contributed by atoms with E-state index in [2.05, 4.69) is 27.0 Å². The van der Waals surface area contributed by atoms with Crippen LogP contribution in [0.3, 0.4) is 0 Å². The summed E-state index contributed by atoms with van der Waals surface area (Å²) in [6.07, 6.45) is 4.28. The number of para-hydroxylation sites is 1. The van der Waals surface area contributed by atoms with Crippen LogP contribution in [0.4, 0.5) is 0 Å². The second kappa shape index (κ2) is 12.0. The fraction of sp³-hybridized carbons (Fsp3) is 0.152. The quantitative estimate of drug-likeness (QED) is 0.152. The summed E-state index contributed by atoms with van der Waals surface area (Å²) in [6, 6.07) is 27.5. The summed E-state index contributed by atoms with van der Waals surface area (Å²) in [4.78, 5) is 16.1. The molecule has 2 N–H and O–H groups in total. The molecule has 0 radical (unpaired) electrons. The van der Waals surface area contributed by atoms with E-state index in [-0.39, 0.29) is 11.5 Å². The normalized spacial score (nSPS) is 11.4. The molecule has 3 aromatic carbocycles. The first-order chi connectivity index (χ1) is 19.4. The highest BCUT2D eigenvalue weighted by Crippen LogP contribution is 2.25. The number of hydrogen-bond donors (Lipinski definition) is 2. The molecule has 0 saturated carbocycles. The first kappa shape index (κ1) is 26.9. The lowest BCUT2D eigenvalue weighted by Gasteiger charge is -2.12. The molecule has 0 unspecified atom stereocenters. The Morgan fingerprint density at radius 1 is 1.05 bits per heavy atom. The van der Waals surface area contributed by atoms with Crippen molar-refractivity contribution in [1.82, 2.24) is 14.9 Å². The number of aromatic nitrogens is 2. The number of nitrogens with one attached hydrogen (secondary N) is 2. The first-order valence-electron chi connectivity index (χ1n) is 13.0. The number of fused-ring (bicyclic) bond motifs is 1. The summed E-state index contributed by atoms with van der Waals surface area (Å²) >= 11 is 6.23. The van der Waals surface area contributed by atoms with E-state index in [1.165, 1.54) is 0 Å². The summed E-state index contributed by atoms with van der Waals surface area (Å²) < 4.78 is 8.01. The summed E-state index contributed by atoms with van der Waals surface area (Å²) in [5.74, 6) is 0.356. The Morgan fingerprint density at radius 3 is 2.58 bits per heavy atom. The Bertz CT molecular complexity index is 1740. The maximum absolute atomic E-state index is 12.8. The average Bonchev–Trinajstić information content (AvgIpc) is 3.50. The number of carbonyl (C=O) groups excluding carboxylic acids is 1. The van der Waals surface area contributed by atoms with Crippen LogP contribution >= 0.6 is 11.6 Å². The number of nitrogens with zero attached hydrogens (tertiary/aromatic N) is 2. The second-order valence-corrected chi connectivity index (χ2v) is 9.98. The molecule has 6 nitrogen and oxygen atoms in total. The number of nitriles is 1. The lowest BCUT2D eigenvalue weighted by molar-refractivity contribution is -0.117. The van der Waals surface area contributed by atoms with Crippen LogP contribution in [-0.4, -0.2) is 22.0 Å². The second-order valence-electron chi connectivity index (χ2n) is 9.57. The highest BCUT2D eigenvalue weighted by atomic mass is 35.5. The number of aromatic amines is 1. The van der Waals surface area contributed by atoms with Gasteiger partial charge >= 0.3 is 0 Å². The van der Waals surface area contributed by atoms with E-state index in [0.717, 1.165) is 50.4 Å². The van der Waals surface area contributed by atoms with E-state index in [1.807, 2.05) is 92.8 Å². The van der Waals surface area contributed by atoms with Crippen molar-refractivity contribution in [2.45, 2.75) is 26.9 Å². The van der Waals surface area contributed by atoms with Crippen LogP contribution in [0.5, 0.6) is 5.75 Å². The predicted octanol–water partition coefficient (Wildman–Crippen LogP) is 7.07. The van der Waals surface area contributed by atoms with Crippen LogP contribution in [0.1, 0.15) is 28.1 Å². The third kappa shape index (κ3) is 5.80. The van der Waals surface area contributed by atoms with Crippen LogP contribution in [0.2, 0.25) is 5.02 Å². The Hall–Kier alpha value is -4.73. The van der Waals surface area contributed by atoms with E-state index in [0.29, 0.717) is 24.6 Å². The maximum Gasteiger partial charge on any atom is 0.261 e. The van der Waals surface area contributed by atoms with Gasteiger partial charge in [0.05, 0.1) is 0 Å². The largest absolute Gasteiger partial charge is 0.489 e. The Morgan fingerprint density at radius 2 is 1.80 bits per heavy atom. The van der Waals surface area contributed by atoms with Gasteiger partial charge in [-0.05, 0) is 79.9 Å². The topological polar surface area (TPSA) is 82.8 Å². The number of carbonyl (C=O) groups is 1. The molecule has 5 aromatic rings. The smallest absolute Gasteiger partial charge is 0.261 e. The van der Waals surface area contributed by atoms with Crippen LogP contribution in [0, 0.1) is 25.2 Å². The minimum Gasteiger partial charge on any atom is -0.489 e. The van der Waals surface area contributed by atoms with Crippen molar-refractivity contribution in [1.29, 1.82) is 5.26 Å². The zero-order chi connectivity index (χ0) is 28.1. The molecule has 0 fully saturated rings. The van der Waals surface area contributed by atoms with Gasteiger partial charge in [-0.1, -0.05) is 48.0 Å². The lowest BCUT2D eigenvalue weighted by Crippen LogP contribution is -2.26. The van der Waals surface area contributed by atoms with Crippen LogP contribution in [-0.2, 0) is 17.8 Å². The number of halogens is 1. The van der Waals surface area contributed by atoms with Crippen molar-refractivity contribution in [3.05, 3.63) is 124 Å². The van der Waals surface area contributed by atoms with Gasteiger partial charge in [-0.25, -0.2) is 0 Å². The van der Waals surface area contributed by atoms with Crippen molar-refractivity contribution in [2.24, 2.45) is 0 Å². The van der Waals surface area contributed by atoms with Gasteiger partial charge in [-0.3, -0.25) is 4.79 Å². The third-order valence-electron chi connectivity index (χ3n) is 6.94. The zero-order valence-electron chi connectivity index (χ0n) is 22.4. The van der Waals surface area contributed by atoms with Gasteiger partial charge < -0.3 is 19.6 Å². The van der Waals surface area contributed by atoms with E-state index >= 15 is 0 Å². The molecule has 0 aliphatic carbocycles. The van der Waals surface area contributed by atoms with Crippen LogP contribution in [0.15, 0.2) is 90.6 Å². The van der Waals surface area contributed by atoms with Crippen molar-refractivity contribution < 1.29 is 9.53 Å². The molecule has 0 aliphatic heterocycles. The molecule has 0 atom stereocenters.